The van der Waals surface area contributed by atoms with Crippen LogP contribution in [0.2, 0.25) is 0 Å². The molecule has 0 bridgehead atoms. The molecule has 1 saturated heterocycles. The Balaban J connectivity index is 1.74. The summed E-state index contributed by atoms with van der Waals surface area (Å²) in [6.07, 6.45) is 2.80. The van der Waals surface area contributed by atoms with Crippen molar-refractivity contribution < 1.29 is 0 Å². The van der Waals surface area contributed by atoms with Crippen molar-refractivity contribution in [2.24, 2.45) is 0 Å². The highest BCUT2D eigenvalue weighted by Gasteiger charge is 2.31. The van der Waals surface area contributed by atoms with Crippen molar-refractivity contribution in [1.29, 1.82) is 0 Å². The Morgan fingerprint density at radius 1 is 1.15 bits per heavy atom. The zero-order valence-electron chi connectivity index (χ0n) is 12.8. The topological polar surface area (TPSA) is 44.3 Å². The molecule has 0 aromatic carbocycles. The third-order valence-corrected chi connectivity index (χ3v) is 4.20. The monoisotopic (exact) mass is 275 g/mol. The van der Waals surface area contributed by atoms with Gasteiger partial charge in [0.05, 0.1) is 0 Å². The van der Waals surface area contributed by atoms with Crippen molar-refractivity contribution in [2.75, 3.05) is 43.4 Å². The lowest BCUT2D eigenvalue weighted by Crippen LogP contribution is -2.47. The molecule has 2 aliphatic rings. The fraction of sp³-hybridized carbons (Fsp3) is 0.733. The van der Waals surface area contributed by atoms with Gasteiger partial charge in [0, 0.05) is 51.3 Å². The fourth-order valence-corrected chi connectivity index (χ4v) is 2.76. The van der Waals surface area contributed by atoms with Gasteiger partial charge >= 0.3 is 0 Å². The van der Waals surface area contributed by atoms with Gasteiger partial charge in [-0.3, -0.25) is 4.90 Å². The molecule has 2 fully saturated rings. The van der Waals surface area contributed by atoms with Crippen LogP contribution >= 0.6 is 0 Å². The Morgan fingerprint density at radius 3 is 2.40 bits per heavy atom. The van der Waals surface area contributed by atoms with E-state index < -0.39 is 0 Å². The summed E-state index contributed by atoms with van der Waals surface area (Å²) in [7, 11) is 1.92. The highest BCUT2D eigenvalue weighted by molar-refractivity contribution is 5.49. The Morgan fingerprint density at radius 2 is 1.85 bits per heavy atom. The van der Waals surface area contributed by atoms with Gasteiger partial charge in [-0.25, -0.2) is 9.97 Å². The van der Waals surface area contributed by atoms with Crippen LogP contribution < -0.4 is 10.2 Å². The molecule has 1 aromatic heterocycles. The summed E-state index contributed by atoms with van der Waals surface area (Å²) in [5.74, 6) is 3.28. The molecule has 0 atom stereocenters. The first-order chi connectivity index (χ1) is 9.67. The van der Waals surface area contributed by atoms with Crippen LogP contribution in [0.25, 0.3) is 0 Å². The smallest absolute Gasteiger partial charge is 0.135 e. The number of aromatic nitrogens is 2. The molecule has 1 N–H and O–H groups in total. The summed E-state index contributed by atoms with van der Waals surface area (Å²) in [5, 5.41) is 3.15. The third kappa shape index (κ3) is 2.87. The largest absolute Gasteiger partial charge is 0.373 e. The number of anilines is 2. The second-order valence-corrected chi connectivity index (χ2v) is 6.13. The first-order valence-corrected chi connectivity index (χ1v) is 7.73. The average molecular weight is 275 g/mol. The SMILES string of the molecule is CNc1cc(N2CCN(C3CC3)CC2)nc(C(C)C)n1. The van der Waals surface area contributed by atoms with Gasteiger partial charge in [-0.05, 0) is 12.8 Å². The van der Waals surface area contributed by atoms with E-state index in [0.29, 0.717) is 5.92 Å². The summed E-state index contributed by atoms with van der Waals surface area (Å²) in [4.78, 5) is 14.3. The van der Waals surface area contributed by atoms with E-state index in [1.807, 2.05) is 7.05 Å². The quantitative estimate of drug-likeness (QED) is 0.909. The van der Waals surface area contributed by atoms with Gasteiger partial charge in [-0.15, -0.1) is 0 Å². The Bertz CT molecular complexity index is 461. The fourth-order valence-electron chi connectivity index (χ4n) is 2.76. The zero-order valence-corrected chi connectivity index (χ0v) is 12.8. The van der Waals surface area contributed by atoms with Crippen molar-refractivity contribution in [3.05, 3.63) is 11.9 Å². The molecule has 0 spiro atoms. The summed E-state index contributed by atoms with van der Waals surface area (Å²) >= 11 is 0. The van der Waals surface area contributed by atoms with E-state index in [1.54, 1.807) is 0 Å². The van der Waals surface area contributed by atoms with Crippen molar-refractivity contribution in [3.8, 4) is 0 Å². The predicted octanol–water partition coefficient (Wildman–Crippen LogP) is 1.93. The first-order valence-electron chi connectivity index (χ1n) is 7.73. The van der Waals surface area contributed by atoms with Crippen LogP contribution in [0.3, 0.4) is 0 Å². The molecule has 1 aliphatic carbocycles. The van der Waals surface area contributed by atoms with Crippen molar-refractivity contribution >= 4 is 11.6 Å². The molecule has 3 rings (SSSR count). The number of hydrogen-bond acceptors (Lipinski definition) is 5. The maximum atomic E-state index is 4.75. The molecule has 0 amide bonds. The van der Waals surface area contributed by atoms with Crippen molar-refractivity contribution in [3.63, 3.8) is 0 Å². The lowest BCUT2D eigenvalue weighted by Gasteiger charge is -2.35. The van der Waals surface area contributed by atoms with Crippen LogP contribution in [0, 0.1) is 0 Å². The number of nitrogens with one attached hydrogen (secondary N) is 1. The maximum Gasteiger partial charge on any atom is 0.135 e. The standard InChI is InChI=1S/C15H25N5/c1-11(2)15-17-13(16-3)10-14(18-15)20-8-6-19(7-9-20)12-4-5-12/h10-12H,4-9H2,1-3H3,(H,16,17,18). The zero-order chi connectivity index (χ0) is 14.1. The molecular formula is C15H25N5. The molecule has 2 heterocycles. The second kappa shape index (κ2) is 5.56. The van der Waals surface area contributed by atoms with Gasteiger partial charge in [-0.2, -0.15) is 0 Å². The maximum absolute atomic E-state index is 4.75. The van der Waals surface area contributed by atoms with Gasteiger partial charge in [0.2, 0.25) is 0 Å². The lowest BCUT2D eigenvalue weighted by molar-refractivity contribution is 0.247. The van der Waals surface area contributed by atoms with Gasteiger partial charge < -0.3 is 10.2 Å². The first kappa shape index (κ1) is 13.6. The molecule has 1 aliphatic heterocycles. The highest BCUT2D eigenvalue weighted by Crippen LogP contribution is 2.28. The normalized spacial score (nSPS) is 20.5. The molecule has 5 heteroatoms. The van der Waals surface area contributed by atoms with Crippen LogP contribution in [0.15, 0.2) is 6.07 Å². The van der Waals surface area contributed by atoms with E-state index in [9.17, 15) is 0 Å². The van der Waals surface area contributed by atoms with E-state index >= 15 is 0 Å². The minimum atomic E-state index is 0.356. The molecule has 0 unspecified atom stereocenters. The van der Waals surface area contributed by atoms with Gasteiger partial charge in [0.15, 0.2) is 0 Å². The molecule has 1 aromatic rings. The van der Waals surface area contributed by atoms with E-state index in [-0.39, 0.29) is 0 Å². The number of piperazine rings is 1. The molecule has 0 radical (unpaired) electrons. The second-order valence-electron chi connectivity index (χ2n) is 6.13. The van der Waals surface area contributed by atoms with Crippen LogP contribution in [0.1, 0.15) is 38.4 Å². The minimum Gasteiger partial charge on any atom is -0.373 e. The van der Waals surface area contributed by atoms with Gasteiger partial charge in [-0.1, -0.05) is 13.8 Å². The lowest BCUT2D eigenvalue weighted by atomic mass is 10.2. The van der Waals surface area contributed by atoms with E-state index in [2.05, 4.69) is 40.0 Å². The average Bonchev–Trinajstić information content (AvgIpc) is 3.31. The Kier molecular flexibility index (Phi) is 3.78. The minimum absolute atomic E-state index is 0.356. The van der Waals surface area contributed by atoms with E-state index in [0.717, 1.165) is 36.6 Å². The number of hydrogen-bond donors (Lipinski definition) is 1. The molecule has 1 saturated carbocycles. The van der Waals surface area contributed by atoms with Crippen molar-refractivity contribution in [2.45, 2.75) is 38.6 Å². The molecule has 110 valence electrons. The molecule has 20 heavy (non-hydrogen) atoms. The molecular weight excluding hydrogens is 250 g/mol. The van der Waals surface area contributed by atoms with Crippen LogP contribution in [0.5, 0.6) is 0 Å². The van der Waals surface area contributed by atoms with Crippen LogP contribution in [-0.2, 0) is 0 Å². The summed E-state index contributed by atoms with van der Waals surface area (Å²) in [6.45, 7) is 8.77. The van der Waals surface area contributed by atoms with E-state index in [1.165, 1.54) is 25.9 Å². The third-order valence-electron chi connectivity index (χ3n) is 4.20. The summed E-state index contributed by atoms with van der Waals surface area (Å²) in [6, 6.07) is 2.94. The van der Waals surface area contributed by atoms with Gasteiger partial charge in [0.1, 0.15) is 17.5 Å². The summed E-state index contributed by atoms with van der Waals surface area (Å²) in [5.41, 5.74) is 0. The molecule has 5 nitrogen and oxygen atoms in total. The van der Waals surface area contributed by atoms with Crippen molar-refractivity contribution in [1.82, 2.24) is 14.9 Å². The van der Waals surface area contributed by atoms with Crippen LogP contribution in [-0.4, -0.2) is 54.1 Å². The highest BCUT2D eigenvalue weighted by atomic mass is 15.3. The van der Waals surface area contributed by atoms with Crippen LogP contribution in [0.4, 0.5) is 11.6 Å². The Hall–Kier alpha value is -1.36. The van der Waals surface area contributed by atoms with E-state index in [4.69, 9.17) is 4.98 Å². The number of rotatable bonds is 4. The Labute approximate surface area is 121 Å². The predicted molar refractivity (Wildman–Crippen MR) is 82.5 cm³/mol. The number of nitrogens with zero attached hydrogens (tertiary/aromatic N) is 4. The van der Waals surface area contributed by atoms with Gasteiger partial charge in [0.25, 0.3) is 0 Å². The summed E-state index contributed by atoms with van der Waals surface area (Å²) < 4.78 is 0.